The topological polar surface area (TPSA) is 112 Å². The van der Waals surface area contributed by atoms with Crippen molar-refractivity contribution in [2.75, 3.05) is 49.9 Å². The highest BCUT2D eigenvalue weighted by Gasteiger charge is 2.21. The van der Waals surface area contributed by atoms with Gasteiger partial charge in [-0.1, -0.05) is 29.3 Å². The largest absolute Gasteiger partial charge is 0.495 e. The number of rotatable bonds is 12. The van der Waals surface area contributed by atoms with E-state index in [9.17, 15) is 0 Å². The standard InChI is InChI=1S/C29H28Cl2N6O4/c1-4-9-32-22-11-17(41-18-14-40-15-18)7-8-20(22)36-25-12-21(34-16-35-25)19-6-5-10-33-29(19)37-28-26(30)23(38-2)13-24(39-3)27(28)31/h4-8,10-13,16,18,32H,1,9,14-15H2,2-3H3,(H,33,37)(H,34,35,36). The van der Waals surface area contributed by atoms with Crippen LogP contribution >= 0.6 is 23.2 Å². The second-order valence-corrected chi connectivity index (χ2v) is 9.63. The van der Waals surface area contributed by atoms with Gasteiger partial charge in [-0.15, -0.1) is 6.58 Å². The SMILES string of the molecule is C=CCNc1cc(OC2COC2)ccc1Nc1cc(-c2cccnc2Nc2c(Cl)c(OC)cc(OC)c2Cl)ncn1. The molecule has 0 bridgehead atoms. The molecule has 4 aromatic rings. The number of hydrogen-bond donors (Lipinski definition) is 3. The van der Waals surface area contributed by atoms with Gasteiger partial charge in [-0.05, 0) is 24.3 Å². The fourth-order valence-electron chi connectivity index (χ4n) is 4.04. The van der Waals surface area contributed by atoms with E-state index in [0.29, 0.717) is 59.8 Å². The Morgan fingerprint density at radius 1 is 0.976 bits per heavy atom. The van der Waals surface area contributed by atoms with Crippen molar-refractivity contribution < 1.29 is 18.9 Å². The normalized spacial score (nSPS) is 12.7. The van der Waals surface area contributed by atoms with Crippen LogP contribution in [0.3, 0.4) is 0 Å². The van der Waals surface area contributed by atoms with E-state index < -0.39 is 0 Å². The van der Waals surface area contributed by atoms with Gasteiger partial charge in [0.15, 0.2) is 0 Å². The van der Waals surface area contributed by atoms with Crippen molar-refractivity contribution in [3.05, 3.63) is 77.7 Å². The van der Waals surface area contributed by atoms with Crippen molar-refractivity contribution in [1.29, 1.82) is 0 Å². The van der Waals surface area contributed by atoms with E-state index in [1.54, 1.807) is 18.3 Å². The number of halogens is 2. The number of anilines is 5. The zero-order valence-electron chi connectivity index (χ0n) is 22.4. The molecule has 1 aliphatic heterocycles. The summed E-state index contributed by atoms with van der Waals surface area (Å²) in [6.07, 6.45) is 4.99. The molecule has 0 unspecified atom stereocenters. The summed E-state index contributed by atoms with van der Waals surface area (Å²) in [6, 6.07) is 12.9. The quantitative estimate of drug-likeness (QED) is 0.153. The van der Waals surface area contributed by atoms with Gasteiger partial charge in [-0.25, -0.2) is 15.0 Å². The molecular formula is C29H28Cl2N6O4. The summed E-state index contributed by atoms with van der Waals surface area (Å²) < 4.78 is 22.0. The van der Waals surface area contributed by atoms with Crippen LogP contribution in [-0.4, -0.2) is 55.0 Å². The first kappa shape index (κ1) is 28.3. The van der Waals surface area contributed by atoms with Crippen molar-refractivity contribution in [1.82, 2.24) is 15.0 Å². The molecule has 1 aliphatic rings. The van der Waals surface area contributed by atoms with E-state index in [0.717, 1.165) is 17.1 Å². The lowest BCUT2D eigenvalue weighted by molar-refractivity contribution is -0.0796. The van der Waals surface area contributed by atoms with E-state index in [2.05, 4.69) is 37.5 Å². The van der Waals surface area contributed by atoms with Gasteiger partial charge < -0.3 is 34.9 Å². The van der Waals surface area contributed by atoms with E-state index in [1.165, 1.54) is 20.5 Å². The lowest BCUT2D eigenvalue weighted by Crippen LogP contribution is -2.38. The van der Waals surface area contributed by atoms with Gasteiger partial charge in [0.25, 0.3) is 0 Å². The Balaban J connectivity index is 1.44. The summed E-state index contributed by atoms with van der Waals surface area (Å²) in [5.74, 6) is 2.61. The van der Waals surface area contributed by atoms with E-state index >= 15 is 0 Å². The molecule has 2 aromatic heterocycles. The molecular weight excluding hydrogens is 567 g/mol. The van der Waals surface area contributed by atoms with Crippen LogP contribution in [-0.2, 0) is 4.74 Å². The minimum Gasteiger partial charge on any atom is -0.495 e. The fourth-order valence-corrected chi connectivity index (χ4v) is 4.64. The number of pyridine rings is 1. The van der Waals surface area contributed by atoms with Crippen molar-refractivity contribution in [3.8, 4) is 28.5 Å². The van der Waals surface area contributed by atoms with Gasteiger partial charge in [0.2, 0.25) is 0 Å². The smallest absolute Gasteiger partial charge is 0.145 e. The highest BCUT2D eigenvalue weighted by molar-refractivity contribution is 6.41. The number of ether oxygens (including phenoxy) is 4. The Kier molecular flexibility index (Phi) is 8.93. The first-order chi connectivity index (χ1) is 20.0. The fraction of sp³-hybridized carbons (Fsp3) is 0.207. The third-order valence-electron chi connectivity index (χ3n) is 6.17. The highest BCUT2D eigenvalue weighted by atomic mass is 35.5. The Labute approximate surface area is 247 Å². The monoisotopic (exact) mass is 594 g/mol. The van der Waals surface area contributed by atoms with Crippen LogP contribution in [0.2, 0.25) is 10.0 Å². The predicted octanol–water partition coefficient (Wildman–Crippen LogP) is 6.73. The first-order valence-electron chi connectivity index (χ1n) is 12.6. The van der Waals surface area contributed by atoms with Crippen LogP contribution in [0.1, 0.15) is 0 Å². The molecule has 10 nitrogen and oxygen atoms in total. The van der Waals surface area contributed by atoms with Gasteiger partial charge in [-0.2, -0.15) is 0 Å². The molecule has 12 heteroatoms. The van der Waals surface area contributed by atoms with Crippen LogP contribution < -0.4 is 30.2 Å². The predicted molar refractivity (Wildman–Crippen MR) is 162 cm³/mol. The zero-order chi connectivity index (χ0) is 28.8. The van der Waals surface area contributed by atoms with Gasteiger partial charge in [0.1, 0.15) is 51.4 Å². The van der Waals surface area contributed by atoms with Gasteiger partial charge in [-0.3, -0.25) is 0 Å². The molecule has 0 atom stereocenters. The van der Waals surface area contributed by atoms with Crippen molar-refractivity contribution in [3.63, 3.8) is 0 Å². The summed E-state index contributed by atoms with van der Waals surface area (Å²) in [5.41, 5.74) is 3.35. The maximum atomic E-state index is 6.59. The Bertz CT molecular complexity index is 1520. The van der Waals surface area contributed by atoms with Crippen molar-refractivity contribution >= 4 is 51.9 Å². The molecule has 0 saturated carbocycles. The summed E-state index contributed by atoms with van der Waals surface area (Å²) in [5, 5.41) is 10.5. The van der Waals surface area contributed by atoms with Gasteiger partial charge in [0, 0.05) is 36.5 Å². The Morgan fingerprint density at radius 2 is 1.76 bits per heavy atom. The van der Waals surface area contributed by atoms with E-state index in [1.807, 2.05) is 36.4 Å². The minimum atomic E-state index is 0.0654. The lowest BCUT2D eigenvalue weighted by atomic mass is 10.1. The number of hydrogen-bond acceptors (Lipinski definition) is 10. The maximum Gasteiger partial charge on any atom is 0.145 e. The molecule has 212 valence electrons. The van der Waals surface area contributed by atoms with Crippen LogP contribution in [0.5, 0.6) is 17.2 Å². The second kappa shape index (κ2) is 12.9. The second-order valence-electron chi connectivity index (χ2n) is 8.88. The zero-order valence-corrected chi connectivity index (χ0v) is 23.9. The molecule has 1 saturated heterocycles. The van der Waals surface area contributed by atoms with Crippen molar-refractivity contribution in [2.45, 2.75) is 6.10 Å². The molecule has 5 rings (SSSR count). The van der Waals surface area contributed by atoms with Crippen LogP contribution in [0, 0.1) is 0 Å². The number of methoxy groups -OCH3 is 2. The van der Waals surface area contributed by atoms with E-state index in [-0.39, 0.29) is 16.1 Å². The number of benzene rings is 2. The number of aromatic nitrogens is 3. The molecule has 3 heterocycles. The van der Waals surface area contributed by atoms with E-state index in [4.69, 9.17) is 42.1 Å². The third-order valence-corrected chi connectivity index (χ3v) is 6.92. The molecule has 0 amide bonds. The Morgan fingerprint density at radius 3 is 2.44 bits per heavy atom. The molecule has 2 aromatic carbocycles. The first-order valence-corrected chi connectivity index (χ1v) is 13.4. The molecule has 0 radical (unpaired) electrons. The van der Waals surface area contributed by atoms with Crippen molar-refractivity contribution in [2.24, 2.45) is 0 Å². The molecule has 41 heavy (non-hydrogen) atoms. The third kappa shape index (κ3) is 6.40. The van der Waals surface area contributed by atoms with Crippen LogP contribution in [0.25, 0.3) is 11.3 Å². The average molecular weight is 595 g/mol. The van der Waals surface area contributed by atoms with Crippen LogP contribution in [0.4, 0.5) is 28.7 Å². The maximum absolute atomic E-state index is 6.59. The summed E-state index contributed by atoms with van der Waals surface area (Å²) >= 11 is 13.2. The van der Waals surface area contributed by atoms with Gasteiger partial charge in [0.05, 0.1) is 50.2 Å². The summed E-state index contributed by atoms with van der Waals surface area (Å²) in [4.78, 5) is 13.4. The summed E-state index contributed by atoms with van der Waals surface area (Å²) in [7, 11) is 3.03. The number of nitrogens with zero attached hydrogens (tertiary/aromatic N) is 3. The summed E-state index contributed by atoms with van der Waals surface area (Å²) in [6.45, 7) is 5.56. The van der Waals surface area contributed by atoms with Crippen LogP contribution in [0.15, 0.2) is 67.6 Å². The molecule has 3 N–H and O–H groups in total. The Hall–Kier alpha value is -4.25. The lowest BCUT2D eigenvalue weighted by Gasteiger charge is -2.27. The molecule has 0 spiro atoms. The van der Waals surface area contributed by atoms with Gasteiger partial charge >= 0.3 is 0 Å². The highest BCUT2D eigenvalue weighted by Crippen LogP contribution is 2.46. The average Bonchev–Trinajstić information content (AvgIpc) is 2.97. The molecule has 0 aliphatic carbocycles. The molecule has 1 fully saturated rings. The number of nitrogens with one attached hydrogen (secondary N) is 3. The minimum absolute atomic E-state index is 0.0654.